The van der Waals surface area contributed by atoms with Crippen LogP contribution in [0.15, 0.2) is 12.1 Å². The van der Waals surface area contributed by atoms with E-state index in [1.165, 1.54) is 13.2 Å². The van der Waals surface area contributed by atoms with Crippen molar-refractivity contribution in [2.24, 2.45) is 5.92 Å². The van der Waals surface area contributed by atoms with Crippen LogP contribution in [-0.2, 0) is 0 Å². The van der Waals surface area contributed by atoms with E-state index in [4.69, 9.17) is 4.74 Å². The summed E-state index contributed by atoms with van der Waals surface area (Å²) in [7, 11) is 1.44. The molecule has 112 valence electrons. The van der Waals surface area contributed by atoms with Crippen LogP contribution in [0.2, 0.25) is 0 Å². The average Bonchev–Trinajstić information content (AvgIpc) is 2.46. The number of nitrogens with zero attached hydrogens (tertiary/aromatic N) is 3. The Hall–Kier alpha value is -1.98. The molecule has 3 rings (SSSR count). The quantitative estimate of drug-likeness (QED) is 0.852. The Balaban J connectivity index is 2.19. The number of ether oxygens (including phenoxy) is 1. The van der Waals surface area contributed by atoms with Crippen molar-refractivity contribution < 1.29 is 13.5 Å². The lowest BCUT2D eigenvalue weighted by Crippen LogP contribution is -2.35. The minimum absolute atomic E-state index is 0.0940. The summed E-state index contributed by atoms with van der Waals surface area (Å²) in [5.74, 6) is -0.257. The lowest BCUT2D eigenvalue weighted by molar-refractivity contribution is 0.379. The summed E-state index contributed by atoms with van der Waals surface area (Å²) in [6, 6.07) is 2.21. The van der Waals surface area contributed by atoms with Gasteiger partial charge in [-0.15, -0.1) is 0 Å². The first-order chi connectivity index (χ1) is 10.1. The number of hydrogen-bond acceptors (Lipinski definition) is 4. The molecular formula is C15H17F2N3O. The van der Waals surface area contributed by atoms with Gasteiger partial charge in [-0.05, 0) is 24.8 Å². The minimum atomic E-state index is -0.697. The largest absolute Gasteiger partial charge is 0.467 e. The van der Waals surface area contributed by atoms with E-state index < -0.39 is 11.6 Å². The molecule has 0 aliphatic carbocycles. The maximum Gasteiger partial charge on any atom is 0.318 e. The lowest BCUT2D eigenvalue weighted by atomic mass is 10.00. The molecule has 1 saturated heterocycles. The molecule has 6 heteroatoms. The molecule has 0 N–H and O–H groups in total. The maximum atomic E-state index is 14.0. The molecule has 1 aliphatic heterocycles. The van der Waals surface area contributed by atoms with Crippen LogP contribution in [-0.4, -0.2) is 30.2 Å². The standard InChI is InChI=1S/C15H17F2N3O/c1-9-4-3-5-20(8-9)14-11-6-10(16)7-12(17)13(11)18-15(19-14)21-2/h6-7,9H,3-5,8H2,1-2H3. The average molecular weight is 293 g/mol. The van der Waals surface area contributed by atoms with Gasteiger partial charge < -0.3 is 9.64 Å². The predicted molar refractivity (Wildman–Crippen MR) is 76.6 cm³/mol. The molecule has 1 atom stereocenters. The molecule has 2 heterocycles. The number of anilines is 1. The number of hydrogen-bond donors (Lipinski definition) is 0. The Morgan fingerprint density at radius 2 is 2.10 bits per heavy atom. The van der Waals surface area contributed by atoms with Gasteiger partial charge in [0.2, 0.25) is 0 Å². The van der Waals surface area contributed by atoms with Crippen LogP contribution in [0.3, 0.4) is 0 Å². The molecule has 0 bridgehead atoms. The third-order valence-corrected chi connectivity index (χ3v) is 3.82. The van der Waals surface area contributed by atoms with Crippen LogP contribution in [0.1, 0.15) is 19.8 Å². The van der Waals surface area contributed by atoms with E-state index in [1.54, 1.807) is 0 Å². The number of halogens is 2. The molecule has 1 fully saturated rings. The van der Waals surface area contributed by atoms with Crippen molar-refractivity contribution in [1.82, 2.24) is 9.97 Å². The van der Waals surface area contributed by atoms with Gasteiger partial charge >= 0.3 is 6.01 Å². The zero-order valence-corrected chi connectivity index (χ0v) is 12.1. The molecule has 1 unspecified atom stereocenters. The summed E-state index contributed by atoms with van der Waals surface area (Å²) < 4.78 is 32.6. The van der Waals surface area contributed by atoms with E-state index in [0.29, 0.717) is 17.1 Å². The van der Waals surface area contributed by atoms with E-state index in [0.717, 1.165) is 32.0 Å². The fraction of sp³-hybridized carbons (Fsp3) is 0.467. The van der Waals surface area contributed by atoms with Crippen LogP contribution in [0.5, 0.6) is 6.01 Å². The highest BCUT2D eigenvalue weighted by Crippen LogP contribution is 2.31. The highest BCUT2D eigenvalue weighted by atomic mass is 19.1. The topological polar surface area (TPSA) is 38.2 Å². The predicted octanol–water partition coefficient (Wildman–Crippen LogP) is 3.15. The minimum Gasteiger partial charge on any atom is -0.467 e. The SMILES string of the molecule is COc1nc(N2CCCC(C)C2)c2cc(F)cc(F)c2n1. The highest BCUT2D eigenvalue weighted by Gasteiger charge is 2.22. The number of rotatable bonds is 2. The molecule has 4 nitrogen and oxygen atoms in total. The Morgan fingerprint density at radius 3 is 2.81 bits per heavy atom. The fourth-order valence-electron chi connectivity index (χ4n) is 2.84. The van der Waals surface area contributed by atoms with Crippen LogP contribution in [0.4, 0.5) is 14.6 Å². The van der Waals surface area contributed by atoms with Crippen LogP contribution < -0.4 is 9.64 Å². The van der Waals surface area contributed by atoms with Crippen molar-refractivity contribution in [3.8, 4) is 6.01 Å². The third kappa shape index (κ3) is 2.62. The Morgan fingerprint density at radius 1 is 1.29 bits per heavy atom. The molecular weight excluding hydrogens is 276 g/mol. The zero-order chi connectivity index (χ0) is 15.0. The molecule has 1 aromatic carbocycles. The summed E-state index contributed by atoms with van der Waals surface area (Å²) in [5.41, 5.74) is 0.0940. The first kappa shape index (κ1) is 14.0. The summed E-state index contributed by atoms with van der Waals surface area (Å²) in [4.78, 5) is 10.4. The van der Waals surface area contributed by atoms with Gasteiger partial charge in [0.05, 0.1) is 7.11 Å². The van der Waals surface area contributed by atoms with E-state index >= 15 is 0 Å². The molecule has 21 heavy (non-hydrogen) atoms. The Bertz CT molecular complexity index is 678. The van der Waals surface area contributed by atoms with Gasteiger partial charge in [-0.2, -0.15) is 9.97 Å². The monoisotopic (exact) mass is 293 g/mol. The molecule has 0 spiro atoms. The highest BCUT2D eigenvalue weighted by molar-refractivity contribution is 5.90. The molecule has 0 amide bonds. The van der Waals surface area contributed by atoms with Gasteiger partial charge in [0.1, 0.15) is 17.2 Å². The van der Waals surface area contributed by atoms with E-state index in [9.17, 15) is 8.78 Å². The maximum absolute atomic E-state index is 14.0. The summed E-state index contributed by atoms with van der Waals surface area (Å²) >= 11 is 0. The normalized spacial score (nSPS) is 19.0. The fourth-order valence-corrected chi connectivity index (χ4v) is 2.84. The lowest BCUT2D eigenvalue weighted by Gasteiger charge is -2.32. The van der Waals surface area contributed by atoms with Crippen LogP contribution >= 0.6 is 0 Å². The summed E-state index contributed by atoms with van der Waals surface area (Å²) in [6.07, 6.45) is 2.19. The van der Waals surface area contributed by atoms with E-state index in [-0.39, 0.29) is 11.5 Å². The van der Waals surface area contributed by atoms with Gasteiger partial charge in [0.15, 0.2) is 5.82 Å². The van der Waals surface area contributed by atoms with Crippen molar-refractivity contribution in [3.63, 3.8) is 0 Å². The van der Waals surface area contributed by atoms with Crippen molar-refractivity contribution in [1.29, 1.82) is 0 Å². The van der Waals surface area contributed by atoms with Crippen molar-refractivity contribution in [3.05, 3.63) is 23.8 Å². The first-order valence-electron chi connectivity index (χ1n) is 7.04. The number of piperidine rings is 1. The number of benzene rings is 1. The van der Waals surface area contributed by atoms with Gasteiger partial charge in [-0.3, -0.25) is 0 Å². The molecule has 2 aromatic rings. The molecule has 1 aromatic heterocycles. The van der Waals surface area contributed by atoms with Gasteiger partial charge in [-0.25, -0.2) is 8.78 Å². The molecule has 0 saturated carbocycles. The molecule has 1 aliphatic rings. The van der Waals surface area contributed by atoms with Gasteiger partial charge in [-0.1, -0.05) is 6.92 Å². The van der Waals surface area contributed by atoms with E-state index in [2.05, 4.69) is 21.8 Å². The van der Waals surface area contributed by atoms with Crippen molar-refractivity contribution >= 4 is 16.7 Å². The molecule has 0 radical (unpaired) electrons. The van der Waals surface area contributed by atoms with E-state index in [1.807, 2.05) is 0 Å². The second-order valence-corrected chi connectivity index (χ2v) is 5.51. The zero-order valence-electron chi connectivity index (χ0n) is 12.1. The smallest absolute Gasteiger partial charge is 0.318 e. The van der Waals surface area contributed by atoms with Crippen LogP contribution in [0.25, 0.3) is 10.9 Å². The summed E-state index contributed by atoms with van der Waals surface area (Å²) in [6.45, 7) is 3.79. The first-order valence-corrected chi connectivity index (χ1v) is 7.04. The van der Waals surface area contributed by atoms with Crippen molar-refractivity contribution in [2.45, 2.75) is 19.8 Å². The Labute approximate surface area is 121 Å². The Kier molecular flexibility index (Phi) is 3.61. The summed E-state index contributed by atoms with van der Waals surface area (Å²) in [5, 5.41) is 0.391. The van der Waals surface area contributed by atoms with Crippen LogP contribution in [0, 0.1) is 17.6 Å². The second kappa shape index (κ2) is 5.42. The third-order valence-electron chi connectivity index (χ3n) is 3.82. The van der Waals surface area contributed by atoms with Gasteiger partial charge in [0.25, 0.3) is 0 Å². The second-order valence-electron chi connectivity index (χ2n) is 5.51. The number of fused-ring (bicyclic) bond motifs is 1. The van der Waals surface area contributed by atoms with Crippen molar-refractivity contribution in [2.75, 3.05) is 25.1 Å². The number of methoxy groups -OCH3 is 1. The van der Waals surface area contributed by atoms with Gasteiger partial charge in [0, 0.05) is 24.5 Å². The number of aromatic nitrogens is 2.